The minimum Gasteiger partial charge on any atom is -0.466 e. The number of nitrogens with one attached hydrogen (secondary N) is 1. The highest BCUT2D eigenvalue weighted by molar-refractivity contribution is 5.70. The Balaban J connectivity index is 4.35. The summed E-state index contributed by atoms with van der Waals surface area (Å²) in [5, 5.41) is 3.22. The highest BCUT2D eigenvalue weighted by Crippen LogP contribution is 2.24. The van der Waals surface area contributed by atoms with Crippen LogP contribution in [0, 0.1) is 11.8 Å². The van der Waals surface area contributed by atoms with Gasteiger partial charge in [-0.05, 0) is 102 Å². The van der Waals surface area contributed by atoms with Crippen LogP contribution in [0.2, 0.25) is 0 Å². The number of hydrogen-bond donors (Lipinski definition) is 1. The fourth-order valence-electron chi connectivity index (χ4n) is 8.22. The summed E-state index contributed by atoms with van der Waals surface area (Å²) in [5.74, 6) is 1.05. The molecular formula is C52H101NO5. The quantitative estimate of drug-likeness (QED) is 0.0374. The minimum absolute atomic E-state index is 0.0233. The van der Waals surface area contributed by atoms with Gasteiger partial charge in [0.05, 0.1) is 19.3 Å². The smallest absolute Gasteiger partial charge is 0.306 e. The maximum atomic E-state index is 12.6. The summed E-state index contributed by atoms with van der Waals surface area (Å²) in [6, 6.07) is 0. The zero-order valence-electron chi connectivity index (χ0n) is 39.8. The Hall–Kier alpha value is -1.40. The second kappa shape index (κ2) is 45.1. The van der Waals surface area contributed by atoms with Crippen molar-refractivity contribution in [2.24, 2.45) is 11.8 Å². The normalized spacial score (nSPS) is 11.7. The van der Waals surface area contributed by atoms with E-state index in [0.717, 1.165) is 77.4 Å². The predicted molar refractivity (Wildman–Crippen MR) is 251 cm³/mol. The molecule has 58 heavy (non-hydrogen) atoms. The average Bonchev–Trinajstić information content (AvgIpc) is 3.21. The lowest BCUT2D eigenvalue weighted by Crippen LogP contribution is -2.14. The number of carbonyl (C=O) groups is 2. The molecule has 0 saturated carbocycles. The first kappa shape index (κ1) is 56.6. The Labute approximate surface area is 362 Å². The third-order valence-corrected chi connectivity index (χ3v) is 12.1. The molecule has 0 atom stereocenters. The van der Waals surface area contributed by atoms with Gasteiger partial charge in [0.1, 0.15) is 0 Å². The summed E-state index contributed by atoms with van der Waals surface area (Å²) in [5.41, 5.74) is 1.34. The van der Waals surface area contributed by atoms with Gasteiger partial charge in [0.25, 0.3) is 0 Å². The molecule has 344 valence electrons. The zero-order valence-corrected chi connectivity index (χ0v) is 39.8. The average molecular weight is 820 g/mol. The molecule has 0 amide bonds. The van der Waals surface area contributed by atoms with E-state index in [0.29, 0.717) is 44.0 Å². The van der Waals surface area contributed by atoms with Gasteiger partial charge in [-0.15, -0.1) is 0 Å². The van der Waals surface area contributed by atoms with Gasteiger partial charge in [0, 0.05) is 19.4 Å². The van der Waals surface area contributed by atoms with E-state index in [1.165, 1.54) is 160 Å². The first-order valence-electron chi connectivity index (χ1n) is 25.6. The lowest BCUT2D eigenvalue weighted by Gasteiger charge is -2.18. The predicted octanol–water partition coefficient (Wildman–Crippen LogP) is 15.6. The Kier molecular flexibility index (Phi) is 44.0. The van der Waals surface area contributed by atoms with Crippen molar-refractivity contribution in [3.05, 3.63) is 12.2 Å². The van der Waals surface area contributed by atoms with E-state index >= 15 is 0 Å². The first-order chi connectivity index (χ1) is 28.4. The van der Waals surface area contributed by atoms with Gasteiger partial charge in [-0.2, -0.15) is 0 Å². The summed E-state index contributed by atoms with van der Waals surface area (Å²) < 4.78 is 17.8. The fraction of sp³-hybridized carbons (Fsp3) is 0.923. The van der Waals surface area contributed by atoms with E-state index in [2.05, 4.69) is 39.6 Å². The van der Waals surface area contributed by atoms with E-state index in [9.17, 15) is 9.59 Å². The molecule has 6 nitrogen and oxygen atoms in total. The van der Waals surface area contributed by atoms with Crippen molar-refractivity contribution in [1.82, 2.24) is 5.32 Å². The van der Waals surface area contributed by atoms with Crippen molar-refractivity contribution in [1.29, 1.82) is 0 Å². The van der Waals surface area contributed by atoms with Gasteiger partial charge in [-0.1, -0.05) is 181 Å². The minimum atomic E-state index is 0.0233. The van der Waals surface area contributed by atoms with Crippen LogP contribution in [0.4, 0.5) is 0 Å². The van der Waals surface area contributed by atoms with Crippen molar-refractivity contribution in [2.75, 3.05) is 33.4 Å². The molecule has 0 aliphatic carbocycles. The van der Waals surface area contributed by atoms with E-state index < -0.39 is 0 Å². The first-order valence-corrected chi connectivity index (χ1v) is 25.6. The van der Waals surface area contributed by atoms with Crippen molar-refractivity contribution in [3.8, 4) is 0 Å². The van der Waals surface area contributed by atoms with Crippen LogP contribution < -0.4 is 5.32 Å². The number of carbonyl (C=O) groups excluding carboxylic acids is 2. The van der Waals surface area contributed by atoms with Crippen LogP contribution in [-0.2, 0) is 23.8 Å². The molecule has 0 bridgehead atoms. The second-order valence-corrected chi connectivity index (χ2v) is 17.9. The second-order valence-electron chi connectivity index (χ2n) is 17.9. The van der Waals surface area contributed by atoms with E-state index in [1.54, 1.807) is 0 Å². The highest BCUT2D eigenvalue weighted by atomic mass is 16.5. The summed E-state index contributed by atoms with van der Waals surface area (Å²) in [7, 11) is 2.00. The van der Waals surface area contributed by atoms with Crippen LogP contribution in [0.15, 0.2) is 12.2 Å². The van der Waals surface area contributed by atoms with Crippen LogP contribution in [-0.4, -0.2) is 51.5 Å². The lowest BCUT2D eigenvalue weighted by molar-refractivity contribution is -0.146. The van der Waals surface area contributed by atoms with Crippen LogP contribution in [0.5, 0.6) is 0 Å². The van der Waals surface area contributed by atoms with Crippen LogP contribution in [0.1, 0.15) is 259 Å². The molecule has 0 spiro atoms. The van der Waals surface area contributed by atoms with Crippen molar-refractivity contribution in [2.45, 2.75) is 265 Å². The molecule has 0 saturated heterocycles. The molecule has 0 aromatic rings. The van der Waals surface area contributed by atoms with Gasteiger partial charge >= 0.3 is 11.9 Å². The van der Waals surface area contributed by atoms with Crippen molar-refractivity contribution < 1.29 is 23.8 Å². The summed E-state index contributed by atoms with van der Waals surface area (Å²) in [6.07, 6.45) is 42.2. The van der Waals surface area contributed by atoms with Crippen molar-refractivity contribution >= 4 is 11.9 Å². The van der Waals surface area contributed by atoms with Gasteiger partial charge < -0.3 is 19.5 Å². The summed E-state index contributed by atoms with van der Waals surface area (Å²) >= 11 is 0. The number of rotatable bonds is 47. The largest absolute Gasteiger partial charge is 0.466 e. The zero-order chi connectivity index (χ0) is 42.6. The van der Waals surface area contributed by atoms with Gasteiger partial charge in [-0.25, -0.2) is 0 Å². The van der Waals surface area contributed by atoms with Crippen LogP contribution in [0.25, 0.3) is 0 Å². The SMILES string of the molecule is C=C(CCCCOC(CCCCCCCCOC(=O)CC(CCCCC)CCCCC)CCCCCCCCOC(=O)CC(CCCCC)CCCCC)CCNC. The molecular weight excluding hydrogens is 719 g/mol. The highest BCUT2D eigenvalue weighted by Gasteiger charge is 2.16. The molecule has 6 heteroatoms. The molecule has 0 aromatic carbocycles. The topological polar surface area (TPSA) is 73.9 Å². The van der Waals surface area contributed by atoms with Gasteiger partial charge in [0.2, 0.25) is 0 Å². The van der Waals surface area contributed by atoms with Crippen LogP contribution in [0.3, 0.4) is 0 Å². The number of unbranched alkanes of at least 4 members (excludes halogenated alkanes) is 19. The Morgan fingerprint density at radius 2 is 0.810 bits per heavy atom. The van der Waals surface area contributed by atoms with Gasteiger partial charge in [0.15, 0.2) is 0 Å². The maximum Gasteiger partial charge on any atom is 0.306 e. The molecule has 0 unspecified atom stereocenters. The lowest BCUT2D eigenvalue weighted by atomic mass is 9.92. The summed E-state index contributed by atoms with van der Waals surface area (Å²) in [6.45, 7) is 16.3. The van der Waals surface area contributed by atoms with Gasteiger partial charge in [-0.3, -0.25) is 9.59 Å². The maximum absolute atomic E-state index is 12.6. The monoisotopic (exact) mass is 820 g/mol. The Bertz CT molecular complexity index is 817. The Morgan fingerprint density at radius 3 is 1.21 bits per heavy atom. The van der Waals surface area contributed by atoms with E-state index in [-0.39, 0.29) is 11.9 Å². The molecule has 0 radical (unpaired) electrons. The molecule has 0 aliphatic rings. The van der Waals surface area contributed by atoms with Crippen LogP contribution >= 0.6 is 0 Å². The van der Waals surface area contributed by atoms with E-state index in [1.807, 2.05) is 7.05 Å². The fourth-order valence-corrected chi connectivity index (χ4v) is 8.22. The molecule has 0 rings (SSSR count). The third-order valence-electron chi connectivity index (χ3n) is 12.1. The van der Waals surface area contributed by atoms with E-state index in [4.69, 9.17) is 14.2 Å². The Morgan fingerprint density at radius 1 is 0.448 bits per heavy atom. The third kappa shape index (κ3) is 40.0. The number of esters is 2. The van der Waals surface area contributed by atoms with Crippen molar-refractivity contribution in [3.63, 3.8) is 0 Å². The molecule has 0 fully saturated rings. The number of hydrogen-bond acceptors (Lipinski definition) is 6. The number of ether oxygens (including phenoxy) is 3. The molecule has 1 N–H and O–H groups in total. The molecule has 0 aromatic heterocycles. The standard InChI is InChI=1S/C52H101NO5/c1-7-11-23-34-48(35-24-12-8-2)45-51(54)57-43-30-21-17-15-19-27-38-50(56-42-32-29-33-47(5)40-41-53-6)39-28-20-16-18-22-31-44-58-52(55)46-49(36-25-13-9-3)37-26-14-10-4/h48-50,53H,5,7-46H2,1-4,6H3. The summed E-state index contributed by atoms with van der Waals surface area (Å²) in [4.78, 5) is 25.1. The molecule has 0 heterocycles. The molecule has 0 aliphatic heterocycles.